The first-order valence-electron chi connectivity index (χ1n) is 14.4. The molecule has 0 aliphatic heterocycles. The first-order chi connectivity index (χ1) is 19.8. The van der Waals surface area contributed by atoms with Crippen LogP contribution in [0.1, 0.15) is 81.5 Å². The summed E-state index contributed by atoms with van der Waals surface area (Å²) in [5.74, 6) is -0.450. The van der Waals surface area contributed by atoms with Crippen molar-refractivity contribution < 1.29 is 28.7 Å². The van der Waals surface area contributed by atoms with Gasteiger partial charge >= 0.3 is 11.9 Å². The average Bonchev–Trinajstić information content (AvgIpc) is 2.99. The van der Waals surface area contributed by atoms with E-state index in [4.69, 9.17) is 4.74 Å². The molecule has 0 radical (unpaired) electrons. The Balaban J connectivity index is 1.86. The number of ether oxygens (including phenoxy) is 2. The number of hydrogen-bond acceptors (Lipinski definition) is 7. The van der Waals surface area contributed by atoms with Gasteiger partial charge in [-0.1, -0.05) is 56.7 Å². The molecule has 0 bridgehead atoms. The molecule has 0 N–H and O–H groups in total. The lowest BCUT2D eigenvalue weighted by molar-refractivity contribution is -0.140. The molecule has 0 aliphatic carbocycles. The average molecular weight is 585 g/mol. The zero-order chi connectivity index (χ0) is 30.0. The lowest BCUT2D eigenvalue weighted by Gasteiger charge is -2.22. The molecule has 2 rings (SSSR count). The molecule has 41 heavy (non-hydrogen) atoms. The van der Waals surface area contributed by atoms with Crippen molar-refractivity contribution in [3.05, 3.63) is 54.1 Å². The van der Waals surface area contributed by atoms with Crippen molar-refractivity contribution in [2.24, 2.45) is 0 Å². The summed E-state index contributed by atoms with van der Waals surface area (Å²) in [5, 5.41) is 0. The Morgan fingerprint density at radius 2 is 1.39 bits per heavy atom. The third-order valence-corrected chi connectivity index (χ3v) is 7.87. The molecule has 224 valence electrons. The third-order valence-electron chi connectivity index (χ3n) is 6.79. The predicted molar refractivity (Wildman–Crippen MR) is 165 cm³/mol. The molecule has 0 aliphatic rings. The van der Waals surface area contributed by atoms with Crippen molar-refractivity contribution in [2.45, 2.75) is 76.0 Å². The fourth-order valence-corrected chi connectivity index (χ4v) is 5.24. The lowest BCUT2D eigenvalue weighted by Crippen LogP contribution is -2.35. The van der Waals surface area contributed by atoms with Crippen LogP contribution in [-0.4, -0.2) is 57.3 Å². The zero-order valence-electron chi connectivity index (χ0n) is 24.9. The largest absolute Gasteiger partial charge is 0.469 e. The number of thioether (sulfide) groups is 1. The van der Waals surface area contributed by atoms with E-state index < -0.39 is 11.9 Å². The smallest absolute Gasteiger partial charge is 0.340 e. The summed E-state index contributed by atoms with van der Waals surface area (Å²) in [7, 11) is 4.63. The Bertz CT molecular complexity index is 1120. The van der Waals surface area contributed by atoms with E-state index in [-0.39, 0.29) is 24.9 Å². The Morgan fingerprint density at radius 1 is 0.780 bits per heavy atom. The van der Waals surface area contributed by atoms with Crippen LogP contribution in [0.3, 0.4) is 0 Å². The van der Waals surface area contributed by atoms with Gasteiger partial charge in [0.05, 0.1) is 25.0 Å². The van der Waals surface area contributed by atoms with E-state index in [1.54, 1.807) is 57.0 Å². The van der Waals surface area contributed by atoms with Gasteiger partial charge < -0.3 is 19.3 Å². The molecular formula is C32H44N2O6S. The molecule has 0 unspecified atom stereocenters. The molecule has 0 aromatic heterocycles. The van der Waals surface area contributed by atoms with E-state index >= 15 is 0 Å². The number of carbonyl (C=O) groups is 4. The molecule has 0 fully saturated rings. The second-order valence-corrected chi connectivity index (χ2v) is 11.0. The van der Waals surface area contributed by atoms with E-state index in [2.05, 4.69) is 4.74 Å². The van der Waals surface area contributed by atoms with Crippen molar-refractivity contribution in [3.8, 4) is 0 Å². The van der Waals surface area contributed by atoms with Crippen LogP contribution in [0.25, 0.3) is 0 Å². The Hall–Kier alpha value is -3.33. The maximum Gasteiger partial charge on any atom is 0.340 e. The number of methoxy groups -OCH3 is 1. The molecule has 2 amide bonds. The highest BCUT2D eigenvalue weighted by molar-refractivity contribution is 7.99. The van der Waals surface area contributed by atoms with Gasteiger partial charge in [0, 0.05) is 31.1 Å². The third kappa shape index (κ3) is 12.0. The van der Waals surface area contributed by atoms with Crippen LogP contribution in [0, 0.1) is 0 Å². The first kappa shape index (κ1) is 33.9. The number of amides is 2. The van der Waals surface area contributed by atoms with Crippen LogP contribution < -0.4 is 9.80 Å². The summed E-state index contributed by atoms with van der Waals surface area (Å²) in [4.78, 5) is 53.4. The van der Waals surface area contributed by atoms with Crippen LogP contribution in [0.15, 0.2) is 53.4 Å². The van der Waals surface area contributed by atoms with E-state index in [1.165, 1.54) is 36.2 Å². The van der Waals surface area contributed by atoms with Crippen LogP contribution in [0.5, 0.6) is 0 Å². The zero-order valence-corrected chi connectivity index (χ0v) is 25.7. The number of benzene rings is 2. The minimum Gasteiger partial charge on any atom is -0.469 e. The fraction of sp³-hybridized carbons (Fsp3) is 0.500. The van der Waals surface area contributed by atoms with E-state index in [1.807, 2.05) is 24.3 Å². The van der Waals surface area contributed by atoms with Gasteiger partial charge in [-0.3, -0.25) is 14.4 Å². The molecule has 2 aromatic rings. The predicted octanol–water partition coefficient (Wildman–Crippen LogP) is 6.66. The monoisotopic (exact) mass is 584 g/mol. The molecule has 2 aromatic carbocycles. The van der Waals surface area contributed by atoms with Gasteiger partial charge in [0.2, 0.25) is 11.8 Å². The standard InChI is InChI=1S/C32H44N2O6S/c1-5-40-32(38)27-23-26(41-22-16-11-9-7-6-8-10-15-19-31(37)39-4)20-21-28(27)34(3)30(36)24-29(35)33(2)25-17-13-12-14-18-25/h12-14,17-18,20-21,23H,5-11,15-16,19,22,24H2,1-4H3. The second kappa shape index (κ2) is 18.9. The number of nitrogens with zero attached hydrogens (tertiary/aromatic N) is 2. The van der Waals surface area contributed by atoms with Gasteiger partial charge in [-0.05, 0) is 55.9 Å². The number of hydrogen-bond donors (Lipinski definition) is 0. The van der Waals surface area contributed by atoms with Gasteiger partial charge in [-0.25, -0.2) is 4.79 Å². The summed E-state index contributed by atoms with van der Waals surface area (Å²) >= 11 is 1.68. The second-order valence-electron chi connectivity index (χ2n) is 9.82. The number of esters is 2. The first-order valence-corrected chi connectivity index (χ1v) is 15.4. The van der Waals surface area contributed by atoms with Crippen LogP contribution in [0.2, 0.25) is 0 Å². The Kier molecular flexibility index (Phi) is 15.6. The summed E-state index contributed by atoms with van der Waals surface area (Å²) < 4.78 is 9.93. The Labute approximate surface area is 248 Å². The Morgan fingerprint density at radius 3 is 2.02 bits per heavy atom. The summed E-state index contributed by atoms with van der Waals surface area (Å²) in [6.45, 7) is 1.96. The lowest BCUT2D eigenvalue weighted by atomic mass is 10.1. The van der Waals surface area contributed by atoms with Crippen LogP contribution >= 0.6 is 11.8 Å². The number of carbonyl (C=O) groups excluding carboxylic acids is 4. The van der Waals surface area contributed by atoms with Crippen LogP contribution in [0.4, 0.5) is 11.4 Å². The van der Waals surface area contributed by atoms with Crippen molar-refractivity contribution in [1.29, 1.82) is 0 Å². The number of para-hydroxylation sites is 1. The molecule has 0 spiro atoms. The summed E-state index contributed by atoms with van der Waals surface area (Å²) in [6.07, 6.45) is 9.03. The fourth-order valence-electron chi connectivity index (χ4n) is 4.29. The summed E-state index contributed by atoms with van der Waals surface area (Å²) in [6, 6.07) is 14.6. The quantitative estimate of drug-likeness (QED) is 0.0838. The highest BCUT2D eigenvalue weighted by Crippen LogP contribution is 2.29. The molecule has 0 saturated heterocycles. The highest BCUT2D eigenvalue weighted by Gasteiger charge is 2.23. The van der Waals surface area contributed by atoms with Crippen molar-refractivity contribution in [3.63, 3.8) is 0 Å². The molecule has 9 heteroatoms. The summed E-state index contributed by atoms with van der Waals surface area (Å²) in [5.41, 5.74) is 1.43. The molecule has 0 heterocycles. The number of unbranched alkanes of at least 4 members (excludes halogenated alkanes) is 7. The number of anilines is 2. The van der Waals surface area contributed by atoms with Gasteiger partial charge in [0.1, 0.15) is 6.42 Å². The van der Waals surface area contributed by atoms with E-state index in [9.17, 15) is 19.2 Å². The molecule has 0 saturated carbocycles. The topological polar surface area (TPSA) is 93.2 Å². The van der Waals surface area contributed by atoms with Crippen LogP contribution in [-0.2, 0) is 23.9 Å². The highest BCUT2D eigenvalue weighted by atomic mass is 32.2. The van der Waals surface area contributed by atoms with Crippen molar-refractivity contribution in [2.75, 3.05) is 43.4 Å². The SMILES string of the molecule is CCOC(=O)c1cc(SCCCCCCCCCCC(=O)OC)ccc1N(C)C(=O)CC(=O)N(C)c1ccccc1. The molecule has 8 nitrogen and oxygen atoms in total. The van der Waals surface area contributed by atoms with E-state index in [0.717, 1.165) is 42.8 Å². The van der Waals surface area contributed by atoms with Crippen molar-refractivity contribution in [1.82, 2.24) is 0 Å². The maximum absolute atomic E-state index is 13.0. The minimum atomic E-state index is -0.496. The number of rotatable bonds is 18. The van der Waals surface area contributed by atoms with Gasteiger partial charge in [0.15, 0.2) is 0 Å². The molecular weight excluding hydrogens is 540 g/mol. The van der Waals surface area contributed by atoms with Crippen molar-refractivity contribution >= 4 is 46.9 Å². The van der Waals surface area contributed by atoms with Gasteiger partial charge in [0.25, 0.3) is 0 Å². The minimum absolute atomic E-state index is 0.133. The molecule has 0 atom stereocenters. The normalized spacial score (nSPS) is 10.6. The van der Waals surface area contributed by atoms with E-state index in [0.29, 0.717) is 23.4 Å². The maximum atomic E-state index is 13.0. The van der Waals surface area contributed by atoms with Gasteiger partial charge in [-0.2, -0.15) is 0 Å². The van der Waals surface area contributed by atoms with Gasteiger partial charge in [-0.15, -0.1) is 11.8 Å².